The molecule has 1 spiro atoms. The number of anilines is 2. The largest absolute Gasteiger partial charge is 0.497 e. The van der Waals surface area contributed by atoms with Crippen LogP contribution in [0.5, 0.6) is 11.5 Å². The van der Waals surface area contributed by atoms with Gasteiger partial charge in [-0.25, -0.2) is 4.79 Å². The normalized spacial score (nSPS) is 16.7. The van der Waals surface area contributed by atoms with Crippen molar-refractivity contribution >= 4 is 45.5 Å². The smallest absolute Gasteiger partial charge is 0.321 e. The highest BCUT2D eigenvalue weighted by Crippen LogP contribution is 2.41. The van der Waals surface area contributed by atoms with Crippen molar-refractivity contribution in [1.29, 1.82) is 0 Å². The summed E-state index contributed by atoms with van der Waals surface area (Å²) in [6.07, 6.45) is 3.03. The number of rotatable bonds is 4. The number of urea groups is 1. The Kier molecular flexibility index (Phi) is 6.87. The molecule has 0 bridgehead atoms. The molecule has 36 heavy (non-hydrogen) atoms. The van der Waals surface area contributed by atoms with Gasteiger partial charge in [0.05, 0.1) is 19.9 Å². The fourth-order valence-electron chi connectivity index (χ4n) is 5.31. The zero-order valence-corrected chi connectivity index (χ0v) is 21.6. The van der Waals surface area contributed by atoms with E-state index < -0.39 is 0 Å². The van der Waals surface area contributed by atoms with E-state index in [1.165, 1.54) is 0 Å². The van der Waals surface area contributed by atoms with Gasteiger partial charge >= 0.3 is 6.03 Å². The summed E-state index contributed by atoms with van der Waals surface area (Å²) in [4.78, 5) is 17.2. The van der Waals surface area contributed by atoms with Crippen LogP contribution in [0, 0.1) is 5.41 Å². The minimum absolute atomic E-state index is 0.0276. The maximum atomic E-state index is 13.0. The lowest BCUT2D eigenvalue weighted by atomic mass is 9.78. The van der Waals surface area contributed by atoms with Crippen LogP contribution in [-0.2, 0) is 0 Å². The highest BCUT2D eigenvalue weighted by molar-refractivity contribution is 7.80. The molecule has 188 valence electrons. The SMILES string of the molecule is COc1cc(NC(=S)N2CCC3(CCN(C(=O)Nc4cccc5ccccc45)CC3)C2)cc(OC)c1. The highest BCUT2D eigenvalue weighted by Gasteiger charge is 2.42. The number of benzene rings is 3. The van der Waals surface area contributed by atoms with Crippen LogP contribution in [0.4, 0.5) is 16.2 Å². The molecule has 3 aromatic carbocycles. The number of carbonyl (C=O) groups excluding carboxylic acids is 1. The van der Waals surface area contributed by atoms with Crippen LogP contribution in [0.1, 0.15) is 19.3 Å². The van der Waals surface area contributed by atoms with Crippen molar-refractivity contribution in [3.8, 4) is 11.5 Å². The molecule has 0 radical (unpaired) electrons. The molecule has 0 unspecified atom stereocenters. The number of methoxy groups -OCH3 is 2. The average Bonchev–Trinajstić information content (AvgIpc) is 3.32. The van der Waals surface area contributed by atoms with Crippen molar-refractivity contribution in [2.24, 2.45) is 5.41 Å². The lowest BCUT2D eigenvalue weighted by molar-refractivity contribution is 0.132. The molecule has 0 saturated carbocycles. The molecular weight excluding hydrogens is 472 g/mol. The Bertz CT molecular complexity index is 1250. The molecule has 0 atom stereocenters. The maximum Gasteiger partial charge on any atom is 0.321 e. The number of fused-ring (bicyclic) bond motifs is 1. The summed E-state index contributed by atoms with van der Waals surface area (Å²) in [7, 11) is 3.27. The van der Waals surface area contributed by atoms with Crippen molar-refractivity contribution in [3.05, 3.63) is 60.7 Å². The Labute approximate surface area is 217 Å². The van der Waals surface area contributed by atoms with Gasteiger partial charge in [0.1, 0.15) is 11.5 Å². The Morgan fingerprint density at radius 2 is 1.50 bits per heavy atom. The van der Waals surface area contributed by atoms with Crippen LogP contribution in [0.25, 0.3) is 10.8 Å². The van der Waals surface area contributed by atoms with E-state index in [0.29, 0.717) is 16.6 Å². The standard InChI is InChI=1S/C28H32N4O3S/c1-34-22-16-21(17-23(18-22)35-2)29-27(36)32-15-12-28(19-32)10-13-31(14-11-28)26(33)30-25-9-5-7-20-6-3-4-8-24(20)25/h3-9,16-18H,10-15,19H2,1-2H3,(H,29,36)(H,30,33). The van der Waals surface area contributed by atoms with E-state index in [2.05, 4.69) is 27.7 Å². The number of amides is 2. The number of thiocarbonyl (C=S) groups is 1. The van der Waals surface area contributed by atoms with Gasteiger partial charge in [-0.2, -0.15) is 0 Å². The summed E-state index contributed by atoms with van der Waals surface area (Å²) in [6, 6.07) is 19.8. The molecular formula is C28H32N4O3S. The number of hydrogen-bond donors (Lipinski definition) is 2. The molecule has 2 heterocycles. The van der Waals surface area contributed by atoms with E-state index >= 15 is 0 Å². The molecule has 3 aromatic rings. The van der Waals surface area contributed by atoms with Gasteiger partial charge in [-0.05, 0) is 48.3 Å². The van der Waals surface area contributed by atoms with E-state index in [1.807, 2.05) is 53.4 Å². The van der Waals surface area contributed by atoms with Crippen LogP contribution < -0.4 is 20.1 Å². The van der Waals surface area contributed by atoms with E-state index in [1.54, 1.807) is 14.2 Å². The third-order valence-corrected chi connectivity index (χ3v) is 7.83. The van der Waals surface area contributed by atoms with Gasteiger partial charge in [-0.15, -0.1) is 0 Å². The van der Waals surface area contributed by atoms with Crippen molar-refractivity contribution in [2.75, 3.05) is 51.0 Å². The molecule has 2 aliphatic heterocycles. The van der Waals surface area contributed by atoms with Gasteiger partial charge < -0.3 is 29.9 Å². The van der Waals surface area contributed by atoms with E-state index in [9.17, 15) is 4.79 Å². The van der Waals surface area contributed by atoms with Crippen LogP contribution >= 0.6 is 12.2 Å². The molecule has 2 N–H and O–H groups in total. The average molecular weight is 505 g/mol. The van der Waals surface area contributed by atoms with Gasteiger partial charge in [0, 0.05) is 55.5 Å². The molecule has 5 rings (SSSR count). The number of carbonyl (C=O) groups is 1. The van der Waals surface area contributed by atoms with Crippen LogP contribution in [-0.4, -0.2) is 61.3 Å². The van der Waals surface area contributed by atoms with Crippen LogP contribution in [0.15, 0.2) is 60.7 Å². The van der Waals surface area contributed by atoms with Crippen molar-refractivity contribution < 1.29 is 14.3 Å². The maximum absolute atomic E-state index is 13.0. The van der Waals surface area contributed by atoms with Gasteiger partial charge in [0.15, 0.2) is 5.11 Å². The molecule has 2 fully saturated rings. The predicted octanol–water partition coefficient (Wildman–Crippen LogP) is 5.57. The lowest BCUT2D eigenvalue weighted by Gasteiger charge is -2.39. The summed E-state index contributed by atoms with van der Waals surface area (Å²) in [5.41, 5.74) is 1.89. The van der Waals surface area contributed by atoms with Gasteiger partial charge in [-0.3, -0.25) is 0 Å². The number of nitrogens with one attached hydrogen (secondary N) is 2. The zero-order valence-electron chi connectivity index (χ0n) is 20.8. The molecule has 2 amide bonds. The number of likely N-dealkylation sites (tertiary alicyclic amines) is 2. The number of hydrogen-bond acceptors (Lipinski definition) is 4. The molecule has 2 saturated heterocycles. The fraction of sp³-hybridized carbons (Fsp3) is 0.357. The molecule has 7 nitrogen and oxygen atoms in total. The van der Waals surface area contributed by atoms with Crippen molar-refractivity contribution in [2.45, 2.75) is 19.3 Å². The Morgan fingerprint density at radius 1 is 0.861 bits per heavy atom. The summed E-state index contributed by atoms with van der Waals surface area (Å²) in [5.74, 6) is 1.43. The predicted molar refractivity (Wildman–Crippen MR) is 148 cm³/mol. The van der Waals surface area contributed by atoms with Crippen LogP contribution in [0.3, 0.4) is 0 Å². The van der Waals surface area contributed by atoms with Crippen molar-refractivity contribution in [3.63, 3.8) is 0 Å². The quantitative estimate of drug-likeness (QED) is 0.453. The summed E-state index contributed by atoms with van der Waals surface area (Å²) in [6.45, 7) is 3.31. The minimum atomic E-state index is -0.0276. The van der Waals surface area contributed by atoms with Gasteiger partial charge in [0.2, 0.25) is 0 Å². The van der Waals surface area contributed by atoms with E-state index in [-0.39, 0.29) is 11.4 Å². The molecule has 0 aliphatic carbocycles. The third-order valence-electron chi connectivity index (χ3n) is 7.47. The van der Waals surface area contributed by atoms with Gasteiger partial charge in [-0.1, -0.05) is 36.4 Å². The lowest BCUT2D eigenvalue weighted by Crippen LogP contribution is -2.46. The molecule has 2 aliphatic rings. The number of ether oxygens (including phenoxy) is 2. The third kappa shape index (κ3) is 5.04. The second-order valence-electron chi connectivity index (χ2n) is 9.65. The first kappa shape index (κ1) is 24.2. The van der Waals surface area contributed by atoms with E-state index in [4.69, 9.17) is 21.7 Å². The summed E-state index contributed by atoms with van der Waals surface area (Å²) >= 11 is 5.74. The Hall–Kier alpha value is -3.52. The molecule has 0 aromatic heterocycles. The summed E-state index contributed by atoms with van der Waals surface area (Å²) < 4.78 is 10.7. The monoisotopic (exact) mass is 504 g/mol. The van der Waals surface area contributed by atoms with Crippen LogP contribution in [0.2, 0.25) is 0 Å². The van der Waals surface area contributed by atoms with E-state index in [0.717, 1.165) is 67.6 Å². The number of nitrogens with zero attached hydrogens (tertiary/aromatic N) is 2. The number of piperidine rings is 1. The minimum Gasteiger partial charge on any atom is -0.497 e. The Morgan fingerprint density at radius 3 is 2.19 bits per heavy atom. The molecule has 8 heteroatoms. The highest BCUT2D eigenvalue weighted by atomic mass is 32.1. The topological polar surface area (TPSA) is 66.1 Å². The fourth-order valence-corrected chi connectivity index (χ4v) is 5.59. The first-order valence-corrected chi connectivity index (χ1v) is 12.7. The summed E-state index contributed by atoms with van der Waals surface area (Å²) in [5, 5.41) is 9.37. The second-order valence-corrected chi connectivity index (χ2v) is 10.0. The second kappa shape index (κ2) is 10.2. The first-order chi connectivity index (χ1) is 17.5. The Balaban J connectivity index is 1.17. The van der Waals surface area contributed by atoms with Crippen molar-refractivity contribution in [1.82, 2.24) is 9.80 Å². The van der Waals surface area contributed by atoms with Gasteiger partial charge in [0.25, 0.3) is 0 Å². The zero-order chi connectivity index (χ0) is 25.1. The first-order valence-electron chi connectivity index (χ1n) is 12.3.